The van der Waals surface area contributed by atoms with Gasteiger partial charge in [-0.15, -0.1) is 0 Å². The fourth-order valence-electron chi connectivity index (χ4n) is 2.34. The lowest BCUT2D eigenvalue weighted by atomic mass is 10.1. The molecule has 0 saturated carbocycles. The molecule has 102 valence electrons. The van der Waals surface area contributed by atoms with Crippen LogP contribution in [0.25, 0.3) is 0 Å². The Morgan fingerprint density at radius 1 is 1.00 bits per heavy atom. The third-order valence-electron chi connectivity index (χ3n) is 3.40. The summed E-state index contributed by atoms with van der Waals surface area (Å²) in [6.07, 6.45) is 8.22. The Morgan fingerprint density at radius 3 is 2.41 bits per heavy atom. The smallest absolute Gasteiger partial charge is 0.0477 e. The van der Waals surface area contributed by atoms with Gasteiger partial charge in [-0.05, 0) is 45.8 Å². The topological polar surface area (TPSA) is 24.5 Å². The van der Waals surface area contributed by atoms with E-state index in [9.17, 15) is 0 Å². The largest absolute Gasteiger partial charge is 0.382 e. The van der Waals surface area contributed by atoms with Gasteiger partial charge in [-0.25, -0.2) is 0 Å². The summed E-state index contributed by atoms with van der Waals surface area (Å²) in [5.41, 5.74) is 0. The second-order valence-electron chi connectivity index (χ2n) is 4.91. The van der Waals surface area contributed by atoms with Crippen molar-refractivity contribution in [3.8, 4) is 0 Å². The van der Waals surface area contributed by atoms with Crippen molar-refractivity contribution < 1.29 is 4.74 Å². The van der Waals surface area contributed by atoms with Gasteiger partial charge in [0, 0.05) is 26.3 Å². The Labute approximate surface area is 107 Å². The summed E-state index contributed by atoms with van der Waals surface area (Å²) in [4.78, 5) is 2.62. The molecule has 0 radical (unpaired) electrons. The van der Waals surface area contributed by atoms with Crippen LogP contribution in [0.1, 0.15) is 45.4 Å². The SMILES string of the molecule is CCOCCCNCCN1CCCCCCC1. The Balaban J connectivity index is 1.90. The second-order valence-corrected chi connectivity index (χ2v) is 4.91. The van der Waals surface area contributed by atoms with Crippen LogP contribution in [-0.2, 0) is 4.74 Å². The molecule has 3 heteroatoms. The normalized spacial score (nSPS) is 18.9. The molecule has 0 aliphatic carbocycles. The minimum Gasteiger partial charge on any atom is -0.382 e. The van der Waals surface area contributed by atoms with E-state index in [-0.39, 0.29) is 0 Å². The van der Waals surface area contributed by atoms with Gasteiger partial charge in [-0.2, -0.15) is 0 Å². The lowest BCUT2D eigenvalue weighted by molar-refractivity contribution is 0.144. The van der Waals surface area contributed by atoms with Gasteiger partial charge in [0.15, 0.2) is 0 Å². The summed E-state index contributed by atoms with van der Waals surface area (Å²) in [5.74, 6) is 0. The molecular weight excluding hydrogens is 212 g/mol. The van der Waals surface area contributed by atoms with Crippen molar-refractivity contribution in [3.05, 3.63) is 0 Å². The van der Waals surface area contributed by atoms with E-state index >= 15 is 0 Å². The molecule has 0 bridgehead atoms. The van der Waals surface area contributed by atoms with Gasteiger partial charge in [0.05, 0.1) is 0 Å². The van der Waals surface area contributed by atoms with Gasteiger partial charge in [-0.1, -0.05) is 19.3 Å². The average Bonchev–Trinajstić information content (AvgIpc) is 2.30. The van der Waals surface area contributed by atoms with Crippen molar-refractivity contribution in [1.82, 2.24) is 10.2 Å². The highest BCUT2D eigenvalue weighted by atomic mass is 16.5. The van der Waals surface area contributed by atoms with Crippen molar-refractivity contribution in [2.45, 2.75) is 45.4 Å². The molecule has 0 atom stereocenters. The molecule has 1 N–H and O–H groups in total. The molecular formula is C14H30N2O. The van der Waals surface area contributed by atoms with E-state index in [2.05, 4.69) is 17.1 Å². The van der Waals surface area contributed by atoms with Gasteiger partial charge in [0.1, 0.15) is 0 Å². The number of ether oxygens (including phenoxy) is 1. The molecule has 17 heavy (non-hydrogen) atoms. The van der Waals surface area contributed by atoms with Crippen LogP contribution in [0.2, 0.25) is 0 Å². The van der Waals surface area contributed by atoms with Crippen LogP contribution in [0.15, 0.2) is 0 Å². The fourth-order valence-corrected chi connectivity index (χ4v) is 2.34. The molecule has 0 spiro atoms. The van der Waals surface area contributed by atoms with E-state index in [0.29, 0.717) is 0 Å². The molecule has 1 aliphatic heterocycles. The van der Waals surface area contributed by atoms with E-state index < -0.39 is 0 Å². The number of nitrogens with zero attached hydrogens (tertiary/aromatic N) is 1. The standard InChI is InChI=1S/C14H30N2O/c1-2-17-14-8-9-15-10-13-16-11-6-4-3-5-7-12-16/h15H,2-14H2,1H3. The quantitative estimate of drug-likeness (QED) is 0.661. The van der Waals surface area contributed by atoms with E-state index in [1.807, 2.05) is 0 Å². The number of hydrogen-bond donors (Lipinski definition) is 1. The molecule has 3 nitrogen and oxygen atoms in total. The monoisotopic (exact) mass is 242 g/mol. The molecule has 0 aromatic rings. The molecule has 1 heterocycles. The predicted molar refractivity (Wildman–Crippen MR) is 73.5 cm³/mol. The molecule has 1 fully saturated rings. The average molecular weight is 242 g/mol. The van der Waals surface area contributed by atoms with Gasteiger partial charge in [0.2, 0.25) is 0 Å². The second kappa shape index (κ2) is 11.0. The number of rotatable bonds is 8. The Kier molecular flexibility index (Phi) is 9.66. The summed E-state index contributed by atoms with van der Waals surface area (Å²) < 4.78 is 5.31. The van der Waals surface area contributed by atoms with Crippen molar-refractivity contribution in [1.29, 1.82) is 0 Å². The van der Waals surface area contributed by atoms with E-state index in [1.165, 1.54) is 51.7 Å². The van der Waals surface area contributed by atoms with Crippen LogP contribution in [0.3, 0.4) is 0 Å². The lowest BCUT2D eigenvalue weighted by Gasteiger charge is -2.24. The number of nitrogens with one attached hydrogen (secondary N) is 1. The first kappa shape index (κ1) is 14.9. The van der Waals surface area contributed by atoms with Crippen molar-refractivity contribution in [3.63, 3.8) is 0 Å². The maximum absolute atomic E-state index is 5.31. The van der Waals surface area contributed by atoms with Crippen molar-refractivity contribution in [2.24, 2.45) is 0 Å². The van der Waals surface area contributed by atoms with Gasteiger partial charge < -0.3 is 15.0 Å². The zero-order chi connectivity index (χ0) is 12.2. The zero-order valence-corrected chi connectivity index (χ0v) is 11.5. The van der Waals surface area contributed by atoms with E-state index in [4.69, 9.17) is 4.74 Å². The van der Waals surface area contributed by atoms with Crippen molar-refractivity contribution in [2.75, 3.05) is 45.9 Å². The lowest BCUT2D eigenvalue weighted by Crippen LogP contribution is -2.34. The Bertz CT molecular complexity index is 156. The molecule has 1 saturated heterocycles. The van der Waals surface area contributed by atoms with Crippen LogP contribution in [0.4, 0.5) is 0 Å². The molecule has 1 aliphatic rings. The molecule has 1 rings (SSSR count). The molecule has 0 aromatic carbocycles. The molecule has 0 aromatic heterocycles. The summed E-state index contributed by atoms with van der Waals surface area (Å²) in [6.45, 7) is 9.84. The number of hydrogen-bond acceptors (Lipinski definition) is 3. The van der Waals surface area contributed by atoms with Crippen LogP contribution in [0, 0.1) is 0 Å². The van der Waals surface area contributed by atoms with Crippen LogP contribution < -0.4 is 5.32 Å². The maximum Gasteiger partial charge on any atom is 0.0477 e. The van der Waals surface area contributed by atoms with Crippen LogP contribution >= 0.6 is 0 Å². The zero-order valence-electron chi connectivity index (χ0n) is 11.5. The number of likely N-dealkylation sites (tertiary alicyclic amines) is 1. The van der Waals surface area contributed by atoms with E-state index in [1.54, 1.807) is 0 Å². The van der Waals surface area contributed by atoms with Crippen LogP contribution in [-0.4, -0.2) is 50.8 Å². The maximum atomic E-state index is 5.31. The van der Waals surface area contributed by atoms with Gasteiger partial charge in [-0.3, -0.25) is 0 Å². The van der Waals surface area contributed by atoms with Crippen LogP contribution in [0.5, 0.6) is 0 Å². The highest BCUT2D eigenvalue weighted by molar-refractivity contribution is 4.63. The minimum absolute atomic E-state index is 0.841. The summed E-state index contributed by atoms with van der Waals surface area (Å²) in [7, 11) is 0. The first-order valence-corrected chi connectivity index (χ1v) is 7.44. The highest BCUT2D eigenvalue weighted by Crippen LogP contribution is 2.09. The summed E-state index contributed by atoms with van der Waals surface area (Å²) in [5, 5.41) is 3.51. The highest BCUT2D eigenvalue weighted by Gasteiger charge is 2.06. The third-order valence-corrected chi connectivity index (χ3v) is 3.40. The van der Waals surface area contributed by atoms with Gasteiger partial charge in [0.25, 0.3) is 0 Å². The third kappa shape index (κ3) is 8.58. The molecule has 0 unspecified atom stereocenters. The van der Waals surface area contributed by atoms with E-state index in [0.717, 1.165) is 32.7 Å². The molecule has 0 amide bonds. The Hall–Kier alpha value is -0.120. The minimum atomic E-state index is 0.841. The Morgan fingerprint density at radius 2 is 1.71 bits per heavy atom. The summed E-state index contributed by atoms with van der Waals surface area (Å²) >= 11 is 0. The van der Waals surface area contributed by atoms with Gasteiger partial charge >= 0.3 is 0 Å². The first-order valence-electron chi connectivity index (χ1n) is 7.44. The predicted octanol–water partition coefficient (Wildman–Crippen LogP) is 2.27. The first-order chi connectivity index (χ1) is 8.43. The fraction of sp³-hybridized carbons (Fsp3) is 1.00. The summed E-state index contributed by atoms with van der Waals surface area (Å²) in [6, 6.07) is 0. The van der Waals surface area contributed by atoms with Crippen molar-refractivity contribution >= 4 is 0 Å².